The van der Waals surface area contributed by atoms with Gasteiger partial charge in [-0.05, 0) is 45.8 Å². The second-order valence-electron chi connectivity index (χ2n) is 3.83. The van der Waals surface area contributed by atoms with Gasteiger partial charge in [0.05, 0.1) is 11.6 Å². The number of methoxy groups -OCH3 is 1. The van der Waals surface area contributed by atoms with Crippen LogP contribution in [0.1, 0.15) is 5.56 Å². The molecule has 0 radical (unpaired) electrons. The van der Waals surface area contributed by atoms with Gasteiger partial charge in [0, 0.05) is 6.07 Å². The van der Waals surface area contributed by atoms with Gasteiger partial charge in [0.15, 0.2) is 11.6 Å². The molecule has 0 aromatic heterocycles. The molecule has 2 aromatic rings. The highest BCUT2D eigenvalue weighted by Crippen LogP contribution is 2.27. The van der Waals surface area contributed by atoms with Crippen molar-refractivity contribution in [2.75, 3.05) is 7.11 Å². The van der Waals surface area contributed by atoms with Gasteiger partial charge in [-0.15, -0.1) is 0 Å². The summed E-state index contributed by atoms with van der Waals surface area (Å²) in [5.41, 5.74) is 0.634. The van der Waals surface area contributed by atoms with Crippen molar-refractivity contribution in [3.05, 3.63) is 58.1 Å². The Morgan fingerprint density at radius 1 is 1.05 bits per heavy atom. The molecule has 0 aliphatic heterocycles. The minimum absolute atomic E-state index is 0.142. The molecule has 0 saturated carbocycles. The standard InChI is InChI=1S/C14H11BrF2O2/c1-18-13-5-2-9(6-12(13)17)8-19-14-7-10(16)3-4-11(14)15/h2-7H,8H2,1H3. The van der Waals surface area contributed by atoms with Crippen molar-refractivity contribution in [2.24, 2.45) is 0 Å². The van der Waals surface area contributed by atoms with E-state index in [4.69, 9.17) is 9.47 Å². The van der Waals surface area contributed by atoms with E-state index in [2.05, 4.69) is 15.9 Å². The van der Waals surface area contributed by atoms with Crippen LogP contribution in [0.15, 0.2) is 40.9 Å². The van der Waals surface area contributed by atoms with Gasteiger partial charge in [0.1, 0.15) is 18.2 Å². The molecule has 0 aliphatic rings. The summed E-state index contributed by atoms with van der Waals surface area (Å²) in [6, 6.07) is 8.68. The summed E-state index contributed by atoms with van der Waals surface area (Å²) >= 11 is 3.26. The lowest BCUT2D eigenvalue weighted by Crippen LogP contribution is -1.98. The number of hydrogen-bond acceptors (Lipinski definition) is 2. The average Bonchev–Trinajstić information content (AvgIpc) is 2.40. The molecule has 2 rings (SSSR count). The molecule has 0 atom stereocenters. The molecule has 0 saturated heterocycles. The fourth-order valence-electron chi connectivity index (χ4n) is 1.55. The van der Waals surface area contributed by atoms with Gasteiger partial charge in [0.25, 0.3) is 0 Å². The Hall–Kier alpha value is -1.62. The first-order valence-corrected chi connectivity index (χ1v) is 6.29. The minimum Gasteiger partial charge on any atom is -0.494 e. The molecule has 2 aromatic carbocycles. The van der Waals surface area contributed by atoms with Crippen LogP contribution in [-0.2, 0) is 6.61 Å². The average molecular weight is 329 g/mol. The maximum Gasteiger partial charge on any atom is 0.165 e. The number of halogens is 3. The van der Waals surface area contributed by atoms with Gasteiger partial charge in [-0.1, -0.05) is 6.07 Å². The lowest BCUT2D eigenvalue weighted by molar-refractivity contribution is 0.301. The molecular weight excluding hydrogens is 318 g/mol. The zero-order valence-electron chi connectivity index (χ0n) is 10.1. The Kier molecular flexibility index (Phi) is 4.37. The van der Waals surface area contributed by atoms with Gasteiger partial charge in [0.2, 0.25) is 0 Å². The van der Waals surface area contributed by atoms with Crippen LogP contribution >= 0.6 is 15.9 Å². The molecule has 19 heavy (non-hydrogen) atoms. The maximum atomic E-state index is 13.5. The van der Waals surface area contributed by atoms with E-state index in [-0.39, 0.29) is 18.2 Å². The van der Waals surface area contributed by atoms with Crippen LogP contribution < -0.4 is 9.47 Å². The summed E-state index contributed by atoms with van der Waals surface area (Å²) in [4.78, 5) is 0. The second kappa shape index (κ2) is 6.02. The van der Waals surface area contributed by atoms with Crippen LogP contribution in [-0.4, -0.2) is 7.11 Å². The lowest BCUT2D eigenvalue weighted by Gasteiger charge is -2.09. The smallest absolute Gasteiger partial charge is 0.165 e. The number of ether oxygens (including phenoxy) is 2. The zero-order chi connectivity index (χ0) is 13.8. The van der Waals surface area contributed by atoms with E-state index >= 15 is 0 Å². The second-order valence-corrected chi connectivity index (χ2v) is 4.69. The molecule has 0 fully saturated rings. The van der Waals surface area contributed by atoms with E-state index in [9.17, 15) is 8.78 Å². The van der Waals surface area contributed by atoms with Crippen molar-refractivity contribution in [2.45, 2.75) is 6.61 Å². The molecule has 0 amide bonds. The third kappa shape index (κ3) is 3.44. The van der Waals surface area contributed by atoms with Crippen molar-refractivity contribution < 1.29 is 18.3 Å². The van der Waals surface area contributed by atoms with Crippen molar-refractivity contribution in [1.82, 2.24) is 0 Å². The molecule has 2 nitrogen and oxygen atoms in total. The molecule has 100 valence electrons. The quantitative estimate of drug-likeness (QED) is 0.832. The van der Waals surface area contributed by atoms with Crippen LogP contribution in [0.25, 0.3) is 0 Å². The predicted octanol–water partition coefficient (Wildman–Crippen LogP) is 4.31. The number of hydrogen-bond donors (Lipinski definition) is 0. The highest BCUT2D eigenvalue weighted by molar-refractivity contribution is 9.10. The summed E-state index contributed by atoms with van der Waals surface area (Å²) in [5.74, 6) is -0.298. The third-order valence-electron chi connectivity index (χ3n) is 2.50. The maximum absolute atomic E-state index is 13.5. The molecule has 0 unspecified atom stereocenters. The van der Waals surface area contributed by atoms with Crippen molar-refractivity contribution >= 4 is 15.9 Å². The molecule has 5 heteroatoms. The number of rotatable bonds is 4. The van der Waals surface area contributed by atoms with E-state index in [1.165, 1.54) is 31.4 Å². The first kappa shape index (κ1) is 13.8. The molecule has 0 heterocycles. The first-order chi connectivity index (χ1) is 9.10. The monoisotopic (exact) mass is 328 g/mol. The molecular formula is C14H11BrF2O2. The summed E-state index contributed by atoms with van der Waals surface area (Å²) in [7, 11) is 1.40. The zero-order valence-corrected chi connectivity index (χ0v) is 11.7. The van der Waals surface area contributed by atoms with Gasteiger partial charge >= 0.3 is 0 Å². The fourth-order valence-corrected chi connectivity index (χ4v) is 1.91. The predicted molar refractivity (Wildman–Crippen MR) is 71.4 cm³/mol. The highest BCUT2D eigenvalue weighted by Gasteiger charge is 2.06. The van der Waals surface area contributed by atoms with Crippen LogP contribution in [0.3, 0.4) is 0 Å². The SMILES string of the molecule is COc1ccc(COc2cc(F)ccc2Br)cc1F. The third-order valence-corrected chi connectivity index (χ3v) is 3.16. The van der Waals surface area contributed by atoms with E-state index in [0.717, 1.165) is 0 Å². The molecule has 0 spiro atoms. The first-order valence-electron chi connectivity index (χ1n) is 5.50. The van der Waals surface area contributed by atoms with Gasteiger partial charge in [-0.3, -0.25) is 0 Å². The Balaban J connectivity index is 2.10. The van der Waals surface area contributed by atoms with E-state index < -0.39 is 5.82 Å². The van der Waals surface area contributed by atoms with E-state index in [1.807, 2.05) is 0 Å². The van der Waals surface area contributed by atoms with Crippen LogP contribution in [0.4, 0.5) is 8.78 Å². The van der Waals surface area contributed by atoms with Gasteiger partial charge < -0.3 is 9.47 Å². The minimum atomic E-state index is -0.457. The molecule has 0 bridgehead atoms. The summed E-state index contributed by atoms with van der Waals surface area (Å²) < 4.78 is 37.4. The number of benzene rings is 2. The van der Waals surface area contributed by atoms with Gasteiger partial charge in [-0.25, -0.2) is 8.78 Å². The lowest BCUT2D eigenvalue weighted by atomic mass is 10.2. The summed E-state index contributed by atoms with van der Waals surface area (Å²) in [6.45, 7) is 0.142. The Bertz CT molecular complexity index is 588. The van der Waals surface area contributed by atoms with Crippen LogP contribution in [0.5, 0.6) is 11.5 Å². The Labute approximate surface area is 118 Å². The highest BCUT2D eigenvalue weighted by atomic mass is 79.9. The molecule has 0 N–H and O–H groups in total. The normalized spacial score (nSPS) is 10.3. The Morgan fingerprint density at radius 2 is 1.84 bits per heavy atom. The summed E-state index contributed by atoms with van der Waals surface area (Å²) in [6.07, 6.45) is 0. The largest absolute Gasteiger partial charge is 0.494 e. The van der Waals surface area contributed by atoms with E-state index in [0.29, 0.717) is 15.8 Å². The van der Waals surface area contributed by atoms with Crippen molar-refractivity contribution in [3.63, 3.8) is 0 Å². The van der Waals surface area contributed by atoms with Gasteiger partial charge in [-0.2, -0.15) is 0 Å². The van der Waals surface area contributed by atoms with Crippen LogP contribution in [0, 0.1) is 11.6 Å². The van der Waals surface area contributed by atoms with Crippen molar-refractivity contribution in [1.29, 1.82) is 0 Å². The van der Waals surface area contributed by atoms with Crippen molar-refractivity contribution in [3.8, 4) is 11.5 Å². The summed E-state index contributed by atoms with van der Waals surface area (Å²) in [5, 5.41) is 0. The molecule has 0 aliphatic carbocycles. The fraction of sp³-hybridized carbons (Fsp3) is 0.143. The Morgan fingerprint density at radius 3 is 2.53 bits per heavy atom. The van der Waals surface area contributed by atoms with E-state index in [1.54, 1.807) is 12.1 Å². The topological polar surface area (TPSA) is 18.5 Å². The van der Waals surface area contributed by atoms with Crippen LogP contribution in [0.2, 0.25) is 0 Å².